The SMILES string of the molecule is COc1ccccc1N1CCN(c2ccnc(Nc3c(C)cccc3C)n2)CC1. The number of aryl methyl sites for hydroxylation is 2. The number of rotatable bonds is 5. The lowest BCUT2D eigenvalue weighted by Crippen LogP contribution is -2.47. The molecule has 0 saturated carbocycles. The van der Waals surface area contributed by atoms with Gasteiger partial charge in [0.2, 0.25) is 5.95 Å². The Morgan fingerprint density at radius 2 is 1.55 bits per heavy atom. The first-order chi connectivity index (χ1) is 14.2. The Kier molecular flexibility index (Phi) is 5.51. The summed E-state index contributed by atoms with van der Waals surface area (Å²) in [6.45, 7) is 7.83. The van der Waals surface area contributed by atoms with E-state index < -0.39 is 0 Å². The van der Waals surface area contributed by atoms with E-state index in [1.54, 1.807) is 7.11 Å². The van der Waals surface area contributed by atoms with Gasteiger partial charge in [-0.2, -0.15) is 4.98 Å². The van der Waals surface area contributed by atoms with Crippen molar-refractivity contribution < 1.29 is 4.74 Å². The molecule has 1 aliphatic heterocycles. The molecule has 0 radical (unpaired) electrons. The first-order valence-electron chi connectivity index (χ1n) is 9.95. The van der Waals surface area contributed by atoms with Crippen molar-refractivity contribution >= 4 is 23.1 Å². The van der Waals surface area contributed by atoms with Crippen LogP contribution < -0.4 is 19.9 Å². The first kappa shape index (κ1) is 19.1. The van der Waals surface area contributed by atoms with Crippen LogP contribution in [0.2, 0.25) is 0 Å². The van der Waals surface area contributed by atoms with E-state index in [9.17, 15) is 0 Å². The Bertz CT molecular complexity index is 962. The lowest BCUT2D eigenvalue weighted by Gasteiger charge is -2.37. The maximum absolute atomic E-state index is 5.52. The number of hydrogen-bond donors (Lipinski definition) is 1. The number of nitrogens with one attached hydrogen (secondary N) is 1. The van der Waals surface area contributed by atoms with E-state index in [1.165, 1.54) is 11.1 Å². The van der Waals surface area contributed by atoms with Crippen LogP contribution in [0, 0.1) is 13.8 Å². The average molecular weight is 390 g/mol. The largest absolute Gasteiger partial charge is 0.495 e. The van der Waals surface area contributed by atoms with Gasteiger partial charge in [0, 0.05) is 38.1 Å². The van der Waals surface area contributed by atoms with Crippen molar-refractivity contribution in [2.24, 2.45) is 0 Å². The number of nitrogens with zero attached hydrogens (tertiary/aromatic N) is 4. The molecule has 0 bridgehead atoms. The van der Waals surface area contributed by atoms with Gasteiger partial charge in [0.15, 0.2) is 0 Å². The molecule has 1 saturated heterocycles. The summed E-state index contributed by atoms with van der Waals surface area (Å²) in [5, 5.41) is 3.39. The van der Waals surface area contributed by atoms with Gasteiger partial charge in [0.05, 0.1) is 12.8 Å². The number of aromatic nitrogens is 2. The third-order valence-corrected chi connectivity index (χ3v) is 5.39. The normalized spacial score (nSPS) is 14.0. The zero-order valence-corrected chi connectivity index (χ0v) is 17.2. The second-order valence-corrected chi connectivity index (χ2v) is 7.28. The highest BCUT2D eigenvalue weighted by atomic mass is 16.5. The first-order valence-corrected chi connectivity index (χ1v) is 9.95. The van der Waals surface area contributed by atoms with Gasteiger partial charge in [-0.15, -0.1) is 0 Å². The van der Waals surface area contributed by atoms with Crippen molar-refractivity contribution in [1.82, 2.24) is 9.97 Å². The fourth-order valence-corrected chi connectivity index (χ4v) is 3.78. The van der Waals surface area contributed by atoms with E-state index in [0.29, 0.717) is 5.95 Å². The monoisotopic (exact) mass is 389 g/mol. The minimum Gasteiger partial charge on any atom is -0.495 e. The van der Waals surface area contributed by atoms with Gasteiger partial charge in [-0.1, -0.05) is 30.3 Å². The van der Waals surface area contributed by atoms with E-state index in [0.717, 1.165) is 49.1 Å². The molecule has 2 aromatic carbocycles. The third-order valence-electron chi connectivity index (χ3n) is 5.39. The van der Waals surface area contributed by atoms with Crippen molar-refractivity contribution in [1.29, 1.82) is 0 Å². The summed E-state index contributed by atoms with van der Waals surface area (Å²) in [5.41, 5.74) is 4.59. The van der Waals surface area contributed by atoms with Crippen LogP contribution in [0.1, 0.15) is 11.1 Å². The fraction of sp³-hybridized carbons (Fsp3) is 0.304. The number of anilines is 4. The van der Waals surface area contributed by atoms with E-state index in [1.807, 2.05) is 24.4 Å². The molecule has 0 unspecified atom stereocenters. The van der Waals surface area contributed by atoms with E-state index in [-0.39, 0.29) is 0 Å². The highest BCUT2D eigenvalue weighted by Gasteiger charge is 2.20. The molecule has 0 aliphatic carbocycles. The Morgan fingerprint density at radius 3 is 2.28 bits per heavy atom. The van der Waals surface area contributed by atoms with Crippen LogP contribution in [0.25, 0.3) is 0 Å². The number of ether oxygens (including phenoxy) is 1. The molecule has 0 atom stereocenters. The van der Waals surface area contributed by atoms with Gasteiger partial charge >= 0.3 is 0 Å². The third kappa shape index (κ3) is 4.11. The molecule has 0 amide bonds. The molecule has 150 valence electrons. The van der Waals surface area contributed by atoms with Crippen molar-refractivity contribution in [2.75, 3.05) is 48.4 Å². The molecule has 1 aromatic heterocycles. The second kappa shape index (κ2) is 8.39. The van der Waals surface area contributed by atoms with Crippen LogP contribution in [0.4, 0.5) is 23.1 Å². The molecular weight excluding hydrogens is 362 g/mol. The maximum Gasteiger partial charge on any atom is 0.229 e. The number of piperazine rings is 1. The minimum atomic E-state index is 0.632. The zero-order chi connectivity index (χ0) is 20.2. The summed E-state index contributed by atoms with van der Waals surface area (Å²) in [4.78, 5) is 13.9. The molecular formula is C23H27N5O. The Balaban J connectivity index is 1.46. The van der Waals surface area contributed by atoms with Crippen LogP contribution in [0.5, 0.6) is 5.75 Å². The van der Waals surface area contributed by atoms with E-state index >= 15 is 0 Å². The molecule has 6 heteroatoms. The van der Waals surface area contributed by atoms with Gasteiger partial charge in [-0.3, -0.25) is 0 Å². The van der Waals surface area contributed by atoms with Crippen LogP contribution in [-0.2, 0) is 0 Å². The van der Waals surface area contributed by atoms with Gasteiger partial charge in [0.1, 0.15) is 11.6 Å². The smallest absolute Gasteiger partial charge is 0.229 e. The molecule has 2 heterocycles. The quantitative estimate of drug-likeness (QED) is 0.707. The minimum absolute atomic E-state index is 0.632. The summed E-state index contributed by atoms with van der Waals surface area (Å²) in [6, 6.07) is 16.4. The fourth-order valence-electron chi connectivity index (χ4n) is 3.78. The molecule has 1 fully saturated rings. The number of hydrogen-bond acceptors (Lipinski definition) is 6. The van der Waals surface area contributed by atoms with Crippen molar-refractivity contribution in [3.05, 3.63) is 65.9 Å². The average Bonchev–Trinajstić information content (AvgIpc) is 2.77. The van der Waals surface area contributed by atoms with E-state index in [4.69, 9.17) is 9.72 Å². The van der Waals surface area contributed by atoms with Crippen LogP contribution in [0.3, 0.4) is 0 Å². The molecule has 4 rings (SSSR count). The molecule has 3 aromatic rings. The summed E-state index contributed by atoms with van der Waals surface area (Å²) < 4.78 is 5.52. The maximum atomic E-state index is 5.52. The van der Waals surface area contributed by atoms with Gasteiger partial charge in [-0.25, -0.2) is 4.98 Å². The standard InChI is InChI=1S/C23H27N5O/c1-17-7-6-8-18(2)22(17)26-23-24-12-11-21(25-23)28-15-13-27(14-16-28)19-9-4-5-10-20(19)29-3/h4-12H,13-16H2,1-3H3,(H,24,25,26). The molecule has 0 spiro atoms. The van der Waals surface area contributed by atoms with Gasteiger partial charge < -0.3 is 19.9 Å². The number of methoxy groups -OCH3 is 1. The zero-order valence-electron chi connectivity index (χ0n) is 17.2. The Labute approximate surface area is 172 Å². The lowest BCUT2D eigenvalue weighted by molar-refractivity contribution is 0.413. The summed E-state index contributed by atoms with van der Waals surface area (Å²) >= 11 is 0. The highest BCUT2D eigenvalue weighted by Crippen LogP contribution is 2.29. The highest BCUT2D eigenvalue weighted by molar-refractivity contribution is 5.64. The predicted octanol–water partition coefficient (Wildman–Crippen LogP) is 4.17. The number of para-hydroxylation sites is 3. The summed E-state index contributed by atoms with van der Waals surface area (Å²) in [7, 11) is 1.72. The molecule has 1 aliphatic rings. The van der Waals surface area contributed by atoms with Crippen LogP contribution >= 0.6 is 0 Å². The summed E-state index contributed by atoms with van der Waals surface area (Å²) in [6.07, 6.45) is 1.82. The molecule has 29 heavy (non-hydrogen) atoms. The summed E-state index contributed by atoms with van der Waals surface area (Å²) in [5.74, 6) is 2.50. The number of benzene rings is 2. The van der Waals surface area contributed by atoms with E-state index in [2.05, 4.69) is 64.3 Å². The van der Waals surface area contributed by atoms with Crippen LogP contribution in [-0.4, -0.2) is 43.3 Å². The molecule has 1 N–H and O–H groups in total. The van der Waals surface area contributed by atoms with Gasteiger partial charge in [0.25, 0.3) is 0 Å². The lowest BCUT2D eigenvalue weighted by atomic mass is 10.1. The topological polar surface area (TPSA) is 53.5 Å². The molecule has 6 nitrogen and oxygen atoms in total. The Hall–Kier alpha value is -3.28. The second-order valence-electron chi connectivity index (χ2n) is 7.28. The predicted molar refractivity (Wildman–Crippen MR) is 119 cm³/mol. The van der Waals surface area contributed by atoms with Crippen LogP contribution in [0.15, 0.2) is 54.7 Å². The van der Waals surface area contributed by atoms with Crippen molar-refractivity contribution in [2.45, 2.75) is 13.8 Å². The van der Waals surface area contributed by atoms with Gasteiger partial charge in [-0.05, 0) is 43.2 Å². The van der Waals surface area contributed by atoms with Crippen molar-refractivity contribution in [3.63, 3.8) is 0 Å². The Morgan fingerprint density at radius 1 is 0.862 bits per heavy atom. The van der Waals surface area contributed by atoms with Crippen molar-refractivity contribution in [3.8, 4) is 5.75 Å².